The van der Waals surface area contributed by atoms with E-state index >= 15 is 0 Å². The predicted octanol–water partition coefficient (Wildman–Crippen LogP) is 3.40. The number of hydrogen-bond acceptors (Lipinski definition) is 0. The predicted molar refractivity (Wildman–Crippen MR) is 40.5 cm³/mol. The molecule has 46 valence electrons. The molecule has 0 aromatic carbocycles. The minimum atomic E-state index is -3.29. The van der Waals surface area contributed by atoms with Gasteiger partial charge < -0.3 is 0 Å². The van der Waals surface area contributed by atoms with Crippen LogP contribution in [0.25, 0.3) is 0 Å². The topological polar surface area (TPSA) is 0 Å². The normalized spacial score (nSPS) is 9.43. The first kappa shape index (κ1) is 11.7. The van der Waals surface area contributed by atoms with Crippen molar-refractivity contribution in [3.63, 3.8) is 0 Å². The van der Waals surface area contributed by atoms with Crippen molar-refractivity contribution < 1.29 is 0 Å². The fourth-order valence-electron chi connectivity index (χ4n) is 0. The summed E-state index contributed by atoms with van der Waals surface area (Å²) >= 11 is -3.29. The van der Waals surface area contributed by atoms with Crippen molar-refractivity contribution in [2.75, 3.05) is 0 Å². The molecule has 0 heterocycles. The van der Waals surface area contributed by atoms with E-state index in [9.17, 15) is 0 Å². The summed E-state index contributed by atoms with van der Waals surface area (Å²) < 4.78 is 0. The maximum absolute atomic E-state index is 5.04. The molecule has 0 rings (SSSR count). The van der Waals surface area contributed by atoms with Crippen molar-refractivity contribution in [2.45, 2.75) is 13.8 Å². The van der Waals surface area contributed by atoms with Crippen LogP contribution in [-0.4, -0.2) is 13.9 Å². The molecule has 0 bridgehead atoms. The van der Waals surface area contributed by atoms with Gasteiger partial charge >= 0.3 is 49.6 Å². The van der Waals surface area contributed by atoms with Crippen LogP contribution < -0.4 is 0 Å². The summed E-state index contributed by atoms with van der Waals surface area (Å²) in [6, 6.07) is 0. The van der Waals surface area contributed by atoms with Crippen LogP contribution in [0.2, 0.25) is 0 Å². The van der Waals surface area contributed by atoms with Crippen LogP contribution in [0.3, 0.4) is 0 Å². The Morgan fingerprint density at radius 1 is 0.857 bits per heavy atom. The van der Waals surface area contributed by atoms with Gasteiger partial charge in [-0.25, -0.2) is 0 Å². The van der Waals surface area contributed by atoms with Gasteiger partial charge in [-0.1, -0.05) is 13.8 Å². The second-order valence-corrected chi connectivity index (χ2v) is 25.9. The molecular weight excluding hydrogens is 285 g/mol. The van der Waals surface area contributed by atoms with E-state index in [1.165, 1.54) is 0 Å². The van der Waals surface area contributed by atoms with Gasteiger partial charge in [0.15, 0.2) is 0 Å². The molecule has 0 fully saturated rings. The van der Waals surface area contributed by atoms with Gasteiger partial charge in [-0.2, -0.15) is 0 Å². The summed E-state index contributed by atoms with van der Waals surface area (Å²) in [7, 11) is 20.1. The van der Waals surface area contributed by atoms with Gasteiger partial charge in [0.05, 0.1) is 0 Å². The molecule has 0 aliphatic heterocycles. The maximum atomic E-state index is 5.04. The van der Waals surface area contributed by atoms with Crippen LogP contribution in [-0.2, 0) is 0 Å². The second-order valence-electron chi connectivity index (χ2n) is 0.429. The molecule has 0 aromatic heterocycles. The fourth-order valence-corrected chi connectivity index (χ4v) is 0. The van der Waals surface area contributed by atoms with Crippen molar-refractivity contribution in [3.8, 4) is 0 Å². The van der Waals surface area contributed by atoms with Crippen molar-refractivity contribution in [3.05, 3.63) is 0 Å². The van der Waals surface area contributed by atoms with Crippen LogP contribution >= 0.6 is 35.7 Å². The summed E-state index contributed by atoms with van der Waals surface area (Å²) in [5.74, 6) is 0. The zero-order valence-corrected chi connectivity index (χ0v) is 9.89. The van der Waals surface area contributed by atoms with E-state index in [2.05, 4.69) is 0 Å². The van der Waals surface area contributed by atoms with Gasteiger partial charge in [-0.05, 0) is 0 Å². The molecule has 0 amide bonds. The van der Waals surface area contributed by atoms with E-state index in [-0.39, 0.29) is 0 Å². The average Bonchev–Trinajstić information content (AvgIpc) is 1.36. The molecule has 0 atom stereocenters. The Labute approximate surface area is 62.8 Å². The molecule has 0 nitrogen and oxygen atoms in total. The zero-order chi connectivity index (χ0) is 6.50. The molecule has 0 aromatic rings. The first-order valence-electron chi connectivity index (χ1n) is 1.76. The van der Waals surface area contributed by atoms with E-state index in [0.29, 0.717) is 0 Å². The second kappa shape index (κ2) is 6.08. The summed E-state index contributed by atoms with van der Waals surface area (Å²) in [5, 5.41) is 0. The summed E-state index contributed by atoms with van der Waals surface area (Å²) in [4.78, 5) is 0. The average molecular weight is 291 g/mol. The van der Waals surface area contributed by atoms with E-state index in [1.807, 2.05) is 13.8 Å². The Hall–Kier alpha value is 1.96. The Balaban J connectivity index is 0. The monoisotopic (exact) mass is 290 g/mol. The molecule has 0 saturated carbocycles. The van der Waals surface area contributed by atoms with Crippen LogP contribution in [0.1, 0.15) is 13.8 Å². The van der Waals surface area contributed by atoms with Crippen LogP contribution in [0.15, 0.2) is 0 Å². The Bertz CT molecular complexity index is 25.2. The summed E-state index contributed by atoms with van der Waals surface area (Å²) in [5.41, 5.74) is 0. The molecule has 0 aliphatic carbocycles. The first-order valence-corrected chi connectivity index (χ1v) is 16.2. The number of hydrogen-bond donors (Lipinski definition) is 0. The molecule has 5 heteroatoms. The Kier molecular flexibility index (Phi) is 10.2. The van der Waals surface area contributed by atoms with E-state index in [4.69, 9.17) is 35.7 Å². The van der Waals surface area contributed by atoms with Crippen molar-refractivity contribution >= 4 is 49.6 Å². The van der Waals surface area contributed by atoms with Crippen LogP contribution in [0, 0.1) is 0 Å². The first-order chi connectivity index (χ1) is 3.00. The molecule has 0 N–H and O–H groups in total. The van der Waals surface area contributed by atoms with E-state index in [1.54, 1.807) is 0 Å². The van der Waals surface area contributed by atoms with Gasteiger partial charge in [0.2, 0.25) is 0 Å². The van der Waals surface area contributed by atoms with Crippen LogP contribution in [0.5, 0.6) is 0 Å². The molecular formula is C2H6Cl4Sn. The molecule has 0 radical (unpaired) electrons. The summed E-state index contributed by atoms with van der Waals surface area (Å²) in [6.45, 7) is 4.00. The third-order valence-corrected chi connectivity index (χ3v) is 0. The van der Waals surface area contributed by atoms with Crippen molar-refractivity contribution in [2.24, 2.45) is 0 Å². The molecule has 0 spiro atoms. The Morgan fingerprint density at radius 3 is 0.857 bits per heavy atom. The number of halogens is 4. The minimum absolute atomic E-state index is 2.00. The third kappa shape index (κ3) is 73.7. The van der Waals surface area contributed by atoms with Crippen molar-refractivity contribution in [1.82, 2.24) is 0 Å². The van der Waals surface area contributed by atoms with E-state index in [0.717, 1.165) is 0 Å². The molecule has 0 aliphatic rings. The van der Waals surface area contributed by atoms with Gasteiger partial charge in [-0.15, -0.1) is 0 Å². The quantitative estimate of drug-likeness (QED) is 0.600. The molecule has 7 heavy (non-hydrogen) atoms. The van der Waals surface area contributed by atoms with Gasteiger partial charge in [0, 0.05) is 0 Å². The molecule has 0 unspecified atom stereocenters. The Morgan fingerprint density at radius 2 is 0.857 bits per heavy atom. The third-order valence-electron chi connectivity index (χ3n) is 0. The van der Waals surface area contributed by atoms with Crippen LogP contribution in [0.4, 0.5) is 0 Å². The zero-order valence-electron chi connectivity index (χ0n) is 4.01. The molecule has 0 saturated heterocycles. The van der Waals surface area contributed by atoms with Gasteiger partial charge in [0.1, 0.15) is 0 Å². The summed E-state index contributed by atoms with van der Waals surface area (Å²) in [6.07, 6.45) is 0. The standard InChI is InChI=1S/C2H6.4ClH.Sn/c1-2;;;;;/h1-2H3;4*1H;/q;;;;;+4/p-4. The number of rotatable bonds is 0. The van der Waals surface area contributed by atoms with Gasteiger partial charge in [-0.3, -0.25) is 0 Å². The SMILES string of the molecule is CC.[Cl][Sn]([Cl])([Cl])[Cl]. The van der Waals surface area contributed by atoms with Crippen molar-refractivity contribution in [1.29, 1.82) is 0 Å². The van der Waals surface area contributed by atoms with E-state index < -0.39 is 13.9 Å². The fraction of sp³-hybridized carbons (Fsp3) is 1.00. The van der Waals surface area contributed by atoms with Gasteiger partial charge in [0.25, 0.3) is 0 Å².